The van der Waals surface area contributed by atoms with E-state index in [1.54, 1.807) is 0 Å². The van der Waals surface area contributed by atoms with Gasteiger partial charge >= 0.3 is 6.08 Å². The summed E-state index contributed by atoms with van der Waals surface area (Å²) in [5, 5.41) is 3.67. The number of ether oxygens (including phenoxy) is 3. The molecule has 4 atom stereocenters. The highest BCUT2D eigenvalue weighted by molar-refractivity contribution is 5.59. The van der Waals surface area contributed by atoms with Crippen LogP contribution in [0.2, 0.25) is 0 Å². The molecule has 1 saturated heterocycles. The quantitative estimate of drug-likeness (QED) is 0.614. The Hall–Kier alpha value is -1.91. The maximum Gasteiger partial charge on any atom is 0.328 e. The molecule has 0 aliphatic carbocycles. The minimum absolute atomic E-state index is 0.123. The van der Waals surface area contributed by atoms with E-state index in [-0.39, 0.29) is 23.8 Å². The molecule has 2 aromatic heterocycles. The van der Waals surface area contributed by atoms with E-state index in [4.69, 9.17) is 19.9 Å². The number of anilines is 1. The van der Waals surface area contributed by atoms with Crippen molar-refractivity contribution >= 4 is 11.5 Å². The fourth-order valence-corrected chi connectivity index (χ4v) is 3.18. The van der Waals surface area contributed by atoms with Gasteiger partial charge in [-0.05, 0) is 12.8 Å². The average molecular weight is 399 g/mol. The third-order valence-corrected chi connectivity index (χ3v) is 4.70. The molecule has 1 fully saturated rings. The van der Waals surface area contributed by atoms with Gasteiger partial charge in [0, 0.05) is 13.2 Å². The molecule has 0 saturated carbocycles. The summed E-state index contributed by atoms with van der Waals surface area (Å²) in [6, 6.07) is 0. The third kappa shape index (κ3) is 4.39. The first-order valence-electron chi connectivity index (χ1n) is 9.72. The SMILES string of the molecule is CCCCOC[C@H]1OC(c2cnc3c(N)nc(F)nn23)[C@H](F)[C@@H]1OCCCC. The number of fused-ring (bicyclic) bond motifs is 1. The lowest BCUT2D eigenvalue weighted by Gasteiger charge is -2.20. The molecule has 1 unspecified atom stereocenters. The van der Waals surface area contributed by atoms with Gasteiger partial charge in [0.2, 0.25) is 0 Å². The molecule has 3 heterocycles. The number of unbranched alkanes of at least 4 members (excludes halogenated alkanes) is 2. The largest absolute Gasteiger partial charge is 0.380 e. The minimum atomic E-state index is -1.48. The van der Waals surface area contributed by atoms with Crippen LogP contribution in [0.15, 0.2) is 6.20 Å². The van der Waals surface area contributed by atoms with Crippen LogP contribution in [-0.2, 0) is 14.2 Å². The van der Waals surface area contributed by atoms with E-state index in [0.717, 1.165) is 30.2 Å². The fourth-order valence-electron chi connectivity index (χ4n) is 3.18. The Kier molecular flexibility index (Phi) is 7.08. The van der Waals surface area contributed by atoms with Crippen LogP contribution >= 0.6 is 0 Å². The Morgan fingerprint density at radius 1 is 1.25 bits per heavy atom. The van der Waals surface area contributed by atoms with Gasteiger partial charge in [-0.2, -0.15) is 9.37 Å². The molecule has 0 aromatic carbocycles. The number of nitrogen functional groups attached to an aromatic ring is 1. The van der Waals surface area contributed by atoms with Gasteiger partial charge in [0.1, 0.15) is 18.3 Å². The molecule has 1 aliphatic heterocycles. The second kappa shape index (κ2) is 9.53. The van der Waals surface area contributed by atoms with Crippen LogP contribution < -0.4 is 5.73 Å². The Morgan fingerprint density at radius 2 is 2.00 bits per heavy atom. The van der Waals surface area contributed by atoms with Gasteiger partial charge in [-0.1, -0.05) is 26.7 Å². The van der Waals surface area contributed by atoms with Crippen LogP contribution in [0.5, 0.6) is 0 Å². The summed E-state index contributed by atoms with van der Waals surface area (Å²) in [7, 11) is 0. The average Bonchev–Trinajstić information content (AvgIpc) is 3.21. The molecule has 2 N–H and O–H groups in total. The zero-order chi connectivity index (χ0) is 20.1. The number of hydrogen-bond acceptors (Lipinski definition) is 7. The van der Waals surface area contributed by atoms with Crippen LogP contribution in [0.1, 0.15) is 51.3 Å². The van der Waals surface area contributed by atoms with Crippen molar-refractivity contribution in [1.29, 1.82) is 0 Å². The van der Waals surface area contributed by atoms with E-state index < -0.39 is 30.6 Å². The Bertz CT molecular complexity index is 775. The molecule has 0 amide bonds. The van der Waals surface area contributed by atoms with Crippen molar-refractivity contribution in [2.75, 3.05) is 25.6 Å². The molecular formula is C18H27F2N5O3. The summed E-state index contributed by atoms with van der Waals surface area (Å²) in [5.74, 6) is -0.123. The normalized spacial score (nSPS) is 25.0. The van der Waals surface area contributed by atoms with Gasteiger partial charge in [-0.3, -0.25) is 0 Å². The van der Waals surface area contributed by atoms with Crippen molar-refractivity contribution in [2.24, 2.45) is 0 Å². The van der Waals surface area contributed by atoms with Crippen LogP contribution in [0, 0.1) is 6.08 Å². The summed E-state index contributed by atoms with van der Waals surface area (Å²) < 4.78 is 47.4. The maximum atomic E-state index is 15.3. The van der Waals surface area contributed by atoms with Crippen molar-refractivity contribution in [3.05, 3.63) is 18.0 Å². The zero-order valence-electron chi connectivity index (χ0n) is 16.2. The van der Waals surface area contributed by atoms with E-state index in [9.17, 15) is 4.39 Å². The van der Waals surface area contributed by atoms with Crippen molar-refractivity contribution in [3.8, 4) is 0 Å². The van der Waals surface area contributed by atoms with Gasteiger partial charge in [0.25, 0.3) is 0 Å². The molecule has 10 heteroatoms. The molecule has 0 spiro atoms. The number of hydrogen-bond donors (Lipinski definition) is 1. The molecule has 0 bridgehead atoms. The van der Waals surface area contributed by atoms with Gasteiger partial charge < -0.3 is 19.9 Å². The predicted octanol–water partition coefficient (Wildman–Crippen LogP) is 2.63. The zero-order valence-corrected chi connectivity index (χ0v) is 16.2. The lowest BCUT2D eigenvalue weighted by Crippen LogP contribution is -2.34. The molecule has 8 nitrogen and oxygen atoms in total. The number of rotatable bonds is 10. The highest BCUT2D eigenvalue weighted by Gasteiger charge is 2.48. The third-order valence-electron chi connectivity index (χ3n) is 4.70. The highest BCUT2D eigenvalue weighted by Crippen LogP contribution is 2.38. The second-order valence-corrected chi connectivity index (χ2v) is 6.84. The molecule has 1 aliphatic rings. The van der Waals surface area contributed by atoms with Crippen molar-refractivity contribution in [1.82, 2.24) is 19.6 Å². The van der Waals surface area contributed by atoms with E-state index in [1.165, 1.54) is 6.20 Å². The van der Waals surface area contributed by atoms with Crippen molar-refractivity contribution < 1.29 is 23.0 Å². The van der Waals surface area contributed by atoms with Crippen molar-refractivity contribution in [2.45, 2.75) is 64.0 Å². The second-order valence-electron chi connectivity index (χ2n) is 6.84. The molecular weight excluding hydrogens is 372 g/mol. The number of alkyl halides is 1. The topological polar surface area (TPSA) is 96.8 Å². The minimum Gasteiger partial charge on any atom is -0.380 e. The monoisotopic (exact) mass is 399 g/mol. The van der Waals surface area contributed by atoms with Crippen LogP contribution in [0.4, 0.5) is 14.6 Å². The summed E-state index contributed by atoms with van der Waals surface area (Å²) in [6.07, 6.45) is 0.177. The molecule has 0 radical (unpaired) electrons. The number of nitrogens with two attached hydrogens (primary N) is 1. The molecule has 2 aromatic rings. The first-order valence-corrected chi connectivity index (χ1v) is 9.72. The Labute approximate surface area is 162 Å². The lowest BCUT2D eigenvalue weighted by atomic mass is 10.1. The molecule has 156 valence electrons. The summed E-state index contributed by atoms with van der Waals surface area (Å²) in [6.45, 7) is 5.32. The fraction of sp³-hybridized carbons (Fsp3) is 0.722. The van der Waals surface area contributed by atoms with E-state index in [0.29, 0.717) is 13.2 Å². The number of aromatic nitrogens is 4. The van der Waals surface area contributed by atoms with E-state index in [1.807, 2.05) is 6.92 Å². The Balaban J connectivity index is 1.81. The van der Waals surface area contributed by atoms with Gasteiger partial charge in [-0.15, -0.1) is 5.10 Å². The first-order chi connectivity index (χ1) is 13.6. The highest BCUT2D eigenvalue weighted by atomic mass is 19.1. The number of imidazole rings is 1. The summed E-state index contributed by atoms with van der Waals surface area (Å²) in [4.78, 5) is 7.51. The van der Waals surface area contributed by atoms with Gasteiger partial charge in [0.15, 0.2) is 17.6 Å². The van der Waals surface area contributed by atoms with Gasteiger partial charge in [-0.25, -0.2) is 13.9 Å². The number of halogens is 2. The smallest absolute Gasteiger partial charge is 0.328 e. The first kappa shape index (κ1) is 20.8. The standard InChI is InChI=1S/C18H27F2N5O3/c1-3-5-7-26-10-12-15(27-8-6-4-2)13(19)14(28-12)11-9-22-17-16(21)23-18(20)24-25(11)17/h9,12-15H,3-8,10H2,1-2H3,(H2,21,23,24)/t12-,13+,14?,15-/m1/s1. The molecule has 28 heavy (non-hydrogen) atoms. The van der Waals surface area contributed by atoms with Crippen LogP contribution in [0.3, 0.4) is 0 Å². The maximum absolute atomic E-state index is 15.3. The van der Waals surface area contributed by atoms with E-state index >= 15 is 4.39 Å². The van der Waals surface area contributed by atoms with Gasteiger partial charge in [0.05, 0.1) is 18.5 Å². The Morgan fingerprint density at radius 3 is 2.75 bits per heavy atom. The predicted molar refractivity (Wildman–Crippen MR) is 98.0 cm³/mol. The van der Waals surface area contributed by atoms with Crippen molar-refractivity contribution in [3.63, 3.8) is 0 Å². The molecule has 3 rings (SSSR count). The lowest BCUT2D eigenvalue weighted by molar-refractivity contribution is -0.0673. The van der Waals surface area contributed by atoms with Crippen LogP contribution in [0.25, 0.3) is 5.65 Å². The summed E-state index contributed by atoms with van der Waals surface area (Å²) >= 11 is 0. The summed E-state index contributed by atoms with van der Waals surface area (Å²) in [5.41, 5.74) is 6.09. The van der Waals surface area contributed by atoms with E-state index in [2.05, 4.69) is 22.0 Å². The van der Waals surface area contributed by atoms with Crippen LogP contribution in [-0.4, -0.2) is 57.8 Å². The number of nitrogens with zero attached hydrogens (tertiary/aromatic N) is 4.